The van der Waals surface area contributed by atoms with Gasteiger partial charge in [0.05, 0.1) is 18.5 Å². The Morgan fingerprint density at radius 1 is 1.19 bits per heavy atom. The van der Waals surface area contributed by atoms with Crippen molar-refractivity contribution < 1.29 is 22.7 Å². The van der Waals surface area contributed by atoms with E-state index in [0.29, 0.717) is 22.7 Å². The summed E-state index contributed by atoms with van der Waals surface area (Å²) < 4.78 is 31.3. The number of carbonyl (C=O) groups excluding carboxylic acids is 2. The fourth-order valence-electron chi connectivity index (χ4n) is 2.85. The van der Waals surface area contributed by atoms with Crippen molar-refractivity contribution in [2.75, 3.05) is 22.4 Å². The fourth-order valence-corrected chi connectivity index (χ4v) is 3.76. The van der Waals surface area contributed by atoms with Crippen molar-refractivity contribution >= 4 is 33.1 Å². The summed E-state index contributed by atoms with van der Waals surface area (Å²) in [5.41, 5.74) is 2.21. The van der Waals surface area contributed by atoms with Gasteiger partial charge in [0.2, 0.25) is 10.0 Å². The first-order chi connectivity index (χ1) is 12.6. The molecule has 1 amide bonds. The molecule has 27 heavy (non-hydrogen) atoms. The van der Waals surface area contributed by atoms with Crippen LogP contribution in [-0.4, -0.2) is 39.0 Å². The number of benzene rings is 2. The number of nitrogens with one attached hydrogen (secondary N) is 1. The number of rotatable bonds is 4. The summed E-state index contributed by atoms with van der Waals surface area (Å²) >= 11 is 0. The number of sulfonamides is 1. The minimum Gasteiger partial charge on any atom is -0.476 e. The molecule has 2 aromatic rings. The largest absolute Gasteiger partial charge is 0.476 e. The lowest BCUT2D eigenvalue weighted by atomic mass is 10.1. The molecule has 0 radical (unpaired) electrons. The van der Waals surface area contributed by atoms with Gasteiger partial charge in [-0.25, -0.2) is 8.42 Å². The topological polar surface area (TPSA) is 92.8 Å². The summed E-state index contributed by atoms with van der Waals surface area (Å²) in [6, 6.07) is 11.7. The van der Waals surface area contributed by atoms with Gasteiger partial charge in [0, 0.05) is 11.3 Å². The molecule has 0 spiro atoms. The quantitative estimate of drug-likeness (QED) is 0.812. The lowest BCUT2D eigenvalue weighted by molar-refractivity contribution is -0.122. The van der Waals surface area contributed by atoms with Crippen LogP contribution in [0.5, 0.6) is 5.75 Å². The third-order valence-corrected chi connectivity index (χ3v) is 5.36. The maximum Gasteiger partial charge on any atom is 0.267 e. The fraction of sp³-hybridized carbons (Fsp3) is 0.263. The van der Waals surface area contributed by atoms with Crippen LogP contribution in [0.2, 0.25) is 0 Å². The molecule has 8 heteroatoms. The Morgan fingerprint density at radius 2 is 1.93 bits per heavy atom. The third-order valence-electron chi connectivity index (χ3n) is 4.21. The van der Waals surface area contributed by atoms with Gasteiger partial charge in [-0.1, -0.05) is 18.2 Å². The zero-order chi connectivity index (χ0) is 19.8. The number of ketones is 1. The molecule has 1 heterocycles. The minimum absolute atomic E-state index is 0.118. The highest BCUT2D eigenvalue weighted by Crippen LogP contribution is 2.36. The van der Waals surface area contributed by atoms with Crippen LogP contribution >= 0.6 is 0 Å². The smallest absolute Gasteiger partial charge is 0.267 e. The molecule has 0 aromatic heterocycles. The molecular weight excluding hydrogens is 368 g/mol. The first kappa shape index (κ1) is 18.9. The van der Waals surface area contributed by atoms with Crippen LogP contribution in [-0.2, 0) is 14.8 Å². The van der Waals surface area contributed by atoms with Gasteiger partial charge in [-0.3, -0.25) is 13.9 Å². The predicted octanol–water partition coefficient (Wildman–Crippen LogP) is 2.36. The number of aryl methyl sites for hydroxylation is 1. The highest BCUT2D eigenvalue weighted by atomic mass is 32.2. The second kappa shape index (κ2) is 7.03. The van der Waals surface area contributed by atoms with Crippen LogP contribution in [0.3, 0.4) is 0 Å². The maximum absolute atomic E-state index is 12.7. The minimum atomic E-state index is -3.58. The Balaban J connectivity index is 1.87. The van der Waals surface area contributed by atoms with E-state index in [1.54, 1.807) is 42.5 Å². The number of hydrogen-bond acceptors (Lipinski definition) is 5. The molecule has 1 atom stereocenters. The Bertz CT molecular complexity index is 1020. The molecule has 1 aliphatic rings. The predicted molar refractivity (Wildman–Crippen MR) is 103 cm³/mol. The summed E-state index contributed by atoms with van der Waals surface area (Å²) in [5.74, 6) is -0.280. The van der Waals surface area contributed by atoms with Crippen molar-refractivity contribution in [3.63, 3.8) is 0 Å². The molecule has 7 nitrogen and oxygen atoms in total. The second-order valence-corrected chi connectivity index (χ2v) is 8.40. The highest BCUT2D eigenvalue weighted by molar-refractivity contribution is 7.92. The number of Topliss-reactive ketones (excluding diaryl/α,β-unsaturated/α-hetero) is 1. The van der Waals surface area contributed by atoms with E-state index in [0.717, 1.165) is 11.8 Å². The number of nitrogens with zero attached hydrogens (tertiary/aromatic N) is 1. The monoisotopic (exact) mass is 388 g/mol. The van der Waals surface area contributed by atoms with Gasteiger partial charge in [-0.2, -0.15) is 0 Å². The average molecular weight is 388 g/mol. The van der Waals surface area contributed by atoms with Crippen LogP contribution in [0.15, 0.2) is 42.5 Å². The molecule has 0 saturated carbocycles. The molecular formula is C19H20N2O5S. The van der Waals surface area contributed by atoms with E-state index in [1.165, 1.54) is 11.2 Å². The van der Waals surface area contributed by atoms with E-state index in [1.807, 2.05) is 6.92 Å². The molecule has 3 rings (SSSR count). The summed E-state index contributed by atoms with van der Waals surface area (Å²) in [4.78, 5) is 24.1. The maximum atomic E-state index is 12.7. The molecule has 0 bridgehead atoms. The van der Waals surface area contributed by atoms with Gasteiger partial charge in [-0.05, 0) is 43.7 Å². The molecule has 142 valence electrons. The number of anilines is 2. The standard InChI is InChI=1S/C19H20N2O5S/c1-12-7-8-17-16(9-12)21(27(3,24)25)11-18(26-17)19(23)20-15-6-4-5-14(10-15)13(2)22/h4-10,18H,11H2,1-3H3,(H,20,23)/t18-/m0/s1. The van der Waals surface area contributed by atoms with Crippen LogP contribution in [0, 0.1) is 6.92 Å². The lowest BCUT2D eigenvalue weighted by Crippen LogP contribution is -2.48. The Kier molecular flexibility index (Phi) is 4.93. The van der Waals surface area contributed by atoms with E-state index in [2.05, 4.69) is 5.32 Å². The van der Waals surface area contributed by atoms with E-state index in [-0.39, 0.29) is 12.3 Å². The first-order valence-corrected chi connectivity index (χ1v) is 10.2. The average Bonchev–Trinajstić information content (AvgIpc) is 2.60. The normalized spacial score (nSPS) is 16.3. The summed E-state index contributed by atoms with van der Waals surface area (Å²) in [6.45, 7) is 3.16. The van der Waals surface area contributed by atoms with E-state index in [9.17, 15) is 18.0 Å². The van der Waals surface area contributed by atoms with Crippen LogP contribution in [0.25, 0.3) is 0 Å². The number of carbonyl (C=O) groups is 2. The number of amides is 1. The van der Waals surface area contributed by atoms with Crippen LogP contribution < -0.4 is 14.4 Å². The van der Waals surface area contributed by atoms with Gasteiger partial charge in [-0.15, -0.1) is 0 Å². The second-order valence-electron chi connectivity index (χ2n) is 6.50. The molecule has 1 N–H and O–H groups in total. The zero-order valence-corrected chi connectivity index (χ0v) is 16.0. The van der Waals surface area contributed by atoms with Gasteiger partial charge in [0.25, 0.3) is 5.91 Å². The SMILES string of the molecule is CC(=O)c1cccc(NC(=O)[C@@H]2CN(S(C)(=O)=O)c3cc(C)ccc3O2)c1. The molecule has 0 aliphatic carbocycles. The van der Waals surface area contributed by atoms with E-state index in [4.69, 9.17) is 4.74 Å². The van der Waals surface area contributed by atoms with Gasteiger partial charge in [0.1, 0.15) is 5.75 Å². The van der Waals surface area contributed by atoms with Crippen molar-refractivity contribution in [3.05, 3.63) is 53.6 Å². The summed E-state index contributed by atoms with van der Waals surface area (Å²) in [5, 5.41) is 2.68. The first-order valence-electron chi connectivity index (χ1n) is 8.32. The highest BCUT2D eigenvalue weighted by Gasteiger charge is 2.35. The van der Waals surface area contributed by atoms with E-state index < -0.39 is 22.0 Å². The summed E-state index contributed by atoms with van der Waals surface area (Å²) in [7, 11) is -3.58. The van der Waals surface area contributed by atoms with Crippen molar-refractivity contribution in [2.45, 2.75) is 20.0 Å². The molecule has 2 aromatic carbocycles. The van der Waals surface area contributed by atoms with Crippen molar-refractivity contribution in [1.82, 2.24) is 0 Å². The molecule has 0 fully saturated rings. The van der Waals surface area contributed by atoms with Crippen molar-refractivity contribution in [1.29, 1.82) is 0 Å². The van der Waals surface area contributed by atoms with Gasteiger partial charge >= 0.3 is 0 Å². The van der Waals surface area contributed by atoms with Crippen LogP contribution in [0.1, 0.15) is 22.8 Å². The zero-order valence-electron chi connectivity index (χ0n) is 15.2. The van der Waals surface area contributed by atoms with Crippen molar-refractivity contribution in [2.24, 2.45) is 0 Å². The van der Waals surface area contributed by atoms with Gasteiger partial charge in [0.15, 0.2) is 11.9 Å². The van der Waals surface area contributed by atoms with Crippen LogP contribution in [0.4, 0.5) is 11.4 Å². The Hall–Kier alpha value is -2.87. The number of fused-ring (bicyclic) bond motifs is 1. The van der Waals surface area contributed by atoms with Gasteiger partial charge < -0.3 is 10.1 Å². The van der Waals surface area contributed by atoms with Crippen molar-refractivity contribution in [3.8, 4) is 5.75 Å². The Labute approximate surface area is 158 Å². The number of ether oxygens (including phenoxy) is 1. The summed E-state index contributed by atoms with van der Waals surface area (Å²) in [6.07, 6.45) is 0.0753. The Morgan fingerprint density at radius 3 is 2.59 bits per heavy atom. The number of hydrogen-bond donors (Lipinski definition) is 1. The molecule has 1 aliphatic heterocycles. The lowest BCUT2D eigenvalue weighted by Gasteiger charge is -2.34. The molecule has 0 unspecified atom stereocenters. The molecule has 0 saturated heterocycles. The van der Waals surface area contributed by atoms with E-state index >= 15 is 0 Å². The third kappa shape index (κ3) is 4.11.